The molecule has 2 aliphatic rings. The number of rotatable bonds is 4. The first-order valence-corrected chi connectivity index (χ1v) is 7.35. The van der Waals surface area contributed by atoms with Crippen LogP contribution in [0.1, 0.15) is 31.7 Å². The lowest BCUT2D eigenvalue weighted by Crippen LogP contribution is -2.46. The number of carbonyl (C=O) groups excluding carboxylic acids is 1. The van der Waals surface area contributed by atoms with Gasteiger partial charge in [0.05, 0.1) is 5.41 Å². The maximum Gasteiger partial charge on any atom is 0.233 e. The molecule has 1 unspecified atom stereocenters. The molecule has 0 spiro atoms. The molecule has 1 atom stereocenters. The van der Waals surface area contributed by atoms with E-state index in [1.54, 1.807) is 0 Å². The molecule has 1 heterocycles. The number of hydrogen-bond acceptors (Lipinski definition) is 2. The topological polar surface area (TPSA) is 32.3 Å². The Morgan fingerprint density at radius 3 is 2.63 bits per heavy atom. The van der Waals surface area contributed by atoms with Crippen molar-refractivity contribution in [2.75, 3.05) is 19.6 Å². The summed E-state index contributed by atoms with van der Waals surface area (Å²) in [6, 6.07) is 10.7. The third-order valence-electron chi connectivity index (χ3n) is 4.56. The molecule has 3 heteroatoms. The second-order valence-electron chi connectivity index (χ2n) is 5.69. The van der Waals surface area contributed by atoms with Gasteiger partial charge in [0.1, 0.15) is 0 Å². The van der Waals surface area contributed by atoms with Gasteiger partial charge in [-0.25, -0.2) is 0 Å². The highest BCUT2D eigenvalue weighted by atomic mass is 16.2. The standard InChI is InChI=1S/C16H22N2O/c1-2-18(14-8-11-17-12-14)15(19)16(9-10-16)13-6-4-3-5-7-13/h3-7,14,17H,2,8-12H2,1H3. The molecule has 102 valence electrons. The molecule has 0 bridgehead atoms. The number of nitrogens with zero attached hydrogens (tertiary/aromatic N) is 1. The first-order valence-electron chi connectivity index (χ1n) is 7.35. The first kappa shape index (κ1) is 12.7. The van der Waals surface area contributed by atoms with Crippen molar-refractivity contribution in [3.05, 3.63) is 35.9 Å². The summed E-state index contributed by atoms with van der Waals surface area (Å²) in [5.74, 6) is 0.343. The smallest absolute Gasteiger partial charge is 0.233 e. The van der Waals surface area contributed by atoms with Gasteiger partial charge in [-0.2, -0.15) is 0 Å². The van der Waals surface area contributed by atoms with E-state index in [0.717, 1.165) is 38.9 Å². The van der Waals surface area contributed by atoms with Gasteiger partial charge in [-0.05, 0) is 38.3 Å². The number of likely N-dealkylation sites (N-methyl/N-ethyl adjacent to an activating group) is 1. The van der Waals surface area contributed by atoms with Crippen molar-refractivity contribution in [3.63, 3.8) is 0 Å². The van der Waals surface area contributed by atoms with Crippen molar-refractivity contribution in [1.82, 2.24) is 10.2 Å². The van der Waals surface area contributed by atoms with Crippen molar-refractivity contribution in [2.45, 2.75) is 37.6 Å². The van der Waals surface area contributed by atoms with E-state index in [0.29, 0.717) is 11.9 Å². The van der Waals surface area contributed by atoms with E-state index in [1.165, 1.54) is 5.56 Å². The quantitative estimate of drug-likeness (QED) is 0.895. The molecule has 1 aromatic rings. The Kier molecular flexibility index (Phi) is 3.31. The molecule has 1 aromatic carbocycles. The average molecular weight is 258 g/mol. The molecule has 2 fully saturated rings. The zero-order valence-corrected chi connectivity index (χ0v) is 11.6. The van der Waals surface area contributed by atoms with Crippen LogP contribution in [0.5, 0.6) is 0 Å². The lowest BCUT2D eigenvalue weighted by molar-refractivity contribution is -0.135. The molecule has 19 heavy (non-hydrogen) atoms. The lowest BCUT2D eigenvalue weighted by atomic mass is 9.93. The van der Waals surface area contributed by atoms with Crippen molar-refractivity contribution >= 4 is 5.91 Å². The van der Waals surface area contributed by atoms with Crippen LogP contribution in [0.3, 0.4) is 0 Å². The predicted molar refractivity (Wildman–Crippen MR) is 76.0 cm³/mol. The number of hydrogen-bond donors (Lipinski definition) is 1. The second-order valence-corrected chi connectivity index (χ2v) is 5.69. The summed E-state index contributed by atoms with van der Waals surface area (Å²) in [6.45, 7) is 4.90. The van der Waals surface area contributed by atoms with Crippen molar-refractivity contribution in [1.29, 1.82) is 0 Å². The Morgan fingerprint density at radius 1 is 1.37 bits per heavy atom. The van der Waals surface area contributed by atoms with Gasteiger partial charge in [0.15, 0.2) is 0 Å². The highest BCUT2D eigenvalue weighted by Crippen LogP contribution is 2.49. The molecule has 1 saturated heterocycles. The molecular formula is C16H22N2O. The van der Waals surface area contributed by atoms with Gasteiger partial charge in [0, 0.05) is 19.1 Å². The molecule has 1 amide bonds. The van der Waals surface area contributed by atoms with E-state index in [1.807, 2.05) is 18.2 Å². The van der Waals surface area contributed by atoms with Crippen LogP contribution in [0.15, 0.2) is 30.3 Å². The van der Waals surface area contributed by atoms with Crippen LogP contribution in [0.25, 0.3) is 0 Å². The largest absolute Gasteiger partial charge is 0.338 e. The summed E-state index contributed by atoms with van der Waals surface area (Å²) in [7, 11) is 0. The minimum atomic E-state index is -0.208. The minimum Gasteiger partial charge on any atom is -0.338 e. The number of amides is 1. The Morgan fingerprint density at radius 2 is 2.11 bits per heavy atom. The molecule has 3 nitrogen and oxygen atoms in total. The van der Waals surface area contributed by atoms with Crippen molar-refractivity contribution in [2.24, 2.45) is 0 Å². The van der Waals surface area contributed by atoms with E-state index in [9.17, 15) is 4.79 Å². The molecule has 0 aromatic heterocycles. The Hall–Kier alpha value is -1.35. The highest BCUT2D eigenvalue weighted by Gasteiger charge is 2.53. The number of benzene rings is 1. The summed E-state index contributed by atoms with van der Waals surface area (Å²) in [4.78, 5) is 15.0. The van der Waals surface area contributed by atoms with E-state index < -0.39 is 0 Å². The van der Waals surface area contributed by atoms with Crippen LogP contribution in [-0.4, -0.2) is 36.5 Å². The summed E-state index contributed by atoms with van der Waals surface area (Å²) in [6.07, 6.45) is 3.10. The maximum absolute atomic E-state index is 12.9. The molecule has 1 N–H and O–H groups in total. The zero-order chi connectivity index (χ0) is 13.3. The monoisotopic (exact) mass is 258 g/mol. The summed E-state index contributed by atoms with van der Waals surface area (Å²) >= 11 is 0. The van der Waals surface area contributed by atoms with E-state index in [-0.39, 0.29) is 5.41 Å². The molecule has 1 aliphatic carbocycles. The summed E-state index contributed by atoms with van der Waals surface area (Å²) < 4.78 is 0. The van der Waals surface area contributed by atoms with E-state index in [4.69, 9.17) is 0 Å². The van der Waals surface area contributed by atoms with E-state index in [2.05, 4.69) is 29.3 Å². The van der Waals surface area contributed by atoms with Gasteiger partial charge >= 0.3 is 0 Å². The average Bonchev–Trinajstić information content (AvgIpc) is 3.11. The van der Waals surface area contributed by atoms with Crippen LogP contribution in [0.4, 0.5) is 0 Å². The fourth-order valence-corrected chi connectivity index (χ4v) is 3.26. The normalized spacial score (nSPS) is 24.2. The van der Waals surface area contributed by atoms with Gasteiger partial charge < -0.3 is 10.2 Å². The summed E-state index contributed by atoms with van der Waals surface area (Å²) in [5.41, 5.74) is 0.990. The molecule has 3 rings (SSSR count). The van der Waals surface area contributed by atoms with Crippen LogP contribution in [0, 0.1) is 0 Å². The second kappa shape index (κ2) is 4.97. The molecule has 0 radical (unpaired) electrons. The molecular weight excluding hydrogens is 236 g/mol. The SMILES string of the molecule is CCN(C(=O)C1(c2ccccc2)CC1)C1CCNC1. The lowest BCUT2D eigenvalue weighted by Gasteiger charge is -2.31. The maximum atomic E-state index is 12.9. The minimum absolute atomic E-state index is 0.208. The fraction of sp³-hybridized carbons (Fsp3) is 0.562. The molecule has 1 aliphatic heterocycles. The van der Waals surface area contributed by atoms with Crippen LogP contribution in [0.2, 0.25) is 0 Å². The van der Waals surface area contributed by atoms with Gasteiger partial charge in [-0.15, -0.1) is 0 Å². The predicted octanol–water partition coefficient (Wildman–Crippen LogP) is 1.93. The summed E-state index contributed by atoms with van der Waals surface area (Å²) in [5, 5.41) is 3.36. The number of nitrogens with one attached hydrogen (secondary N) is 1. The number of carbonyl (C=O) groups is 1. The van der Waals surface area contributed by atoms with Crippen LogP contribution < -0.4 is 5.32 Å². The Bertz CT molecular complexity index is 447. The van der Waals surface area contributed by atoms with Gasteiger partial charge in [0.2, 0.25) is 5.91 Å². The first-order chi connectivity index (χ1) is 9.28. The Labute approximate surface area is 115 Å². The highest BCUT2D eigenvalue weighted by molar-refractivity contribution is 5.91. The van der Waals surface area contributed by atoms with Crippen molar-refractivity contribution < 1.29 is 4.79 Å². The van der Waals surface area contributed by atoms with E-state index >= 15 is 0 Å². The Balaban J connectivity index is 1.82. The fourth-order valence-electron chi connectivity index (χ4n) is 3.26. The third-order valence-corrected chi connectivity index (χ3v) is 4.56. The van der Waals surface area contributed by atoms with Gasteiger partial charge in [0.25, 0.3) is 0 Å². The molecule has 1 saturated carbocycles. The zero-order valence-electron chi connectivity index (χ0n) is 11.6. The van der Waals surface area contributed by atoms with Gasteiger partial charge in [-0.3, -0.25) is 4.79 Å². The van der Waals surface area contributed by atoms with Crippen LogP contribution in [-0.2, 0) is 10.2 Å². The van der Waals surface area contributed by atoms with Crippen molar-refractivity contribution in [3.8, 4) is 0 Å². The third kappa shape index (κ3) is 2.16. The van der Waals surface area contributed by atoms with Crippen LogP contribution >= 0.6 is 0 Å². The van der Waals surface area contributed by atoms with Gasteiger partial charge in [-0.1, -0.05) is 30.3 Å².